The van der Waals surface area contributed by atoms with E-state index in [2.05, 4.69) is 21.8 Å². The van der Waals surface area contributed by atoms with Crippen molar-refractivity contribution in [1.82, 2.24) is 20.4 Å². The van der Waals surface area contributed by atoms with Crippen LogP contribution in [0.4, 0.5) is 0 Å². The molecule has 2 aliphatic rings. The van der Waals surface area contributed by atoms with Crippen molar-refractivity contribution in [3.63, 3.8) is 0 Å². The smallest absolute Gasteiger partial charge is 0.220 e. The Morgan fingerprint density at radius 2 is 2.29 bits per heavy atom. The highest BCUT2D eigenvalue weighted by atomic mass is 16.3. The van der Waals surface area contributed by atoms with Crippen LogP contribution >= 0.6 is 0 Å². The number of carbonyl (C=O) groups excluding carboxylic acids is 1. The molecule has 2 heterocycles. The SMILES string of the molecule is O=C(CCc1cc2n(n1)CCNC2)N[C@@H]1c2ccccc2C[C@@H]1O. The Hall–Kier alpha value is -2.18. The van der Waals surface area contributed by atoms with Crippen molar-refractivity contribution in [3.05, 3.63) is 52.8 Å². The lowest BCUT2D eigenvalue weighted by Crippen LogP contribution is -2.34. The number of fused-ring (bicyclic) bond motifs is 2. The molecular weight excluding hydrogens is 304 g/mol. The van der Waals surface area contributed by atoms with Gasteiger partial charge < -0.3 is 15.7 Å². The lowest BCUT2D eigenvalue weighted by atomic mass is 10.1. The highest BCUT2D eigenvalue weighted by Gasteiger charge is 2.31. The number of aliphatic hydroxyl groups is 1. The molecule has 0 bridgehead atoms. The quantitative estimate of drug-likeness (QED) is 0.772. The second-order valence-electron chi connectivity index (χ2n) is 6.54. The monoisotopic (exact) mass is 326 g/mol. The van der Waals surface area contributed by atoms with Crippen molar-refractivity contribution < 1.29 is 9.90 Å². The maximum atomic E-state index is 12.3. The summed E-state index contributed by atoms with van der Waals surface area (Å²) < 4.78 is 2.01. The minimum atomic E-state index is -0.544. The van der Waals surface area contributed by atoms with Crippen molar-refractivity contribution >= 4 is 5.91 Å². The number of nitrogens with one attached hydrogen (secondary N) is 2. The summed E-state index contributed by atoms with van der Waals surface area (Å²) in [5.74, 6) is -0.0418. The number of rotatable bonds is 4. The van der Waals surface area contributed by atoms with Gasteiger partial charge in [-0.3, -0.25) is 9.48 Å². The van der Waals surface area contributed by atoms with Gasteiger partial charge in [-0.1, -0.05) is 24.3 Å². The van der Waals surface area contributed by atoms with Gasteiger partial charge in [0.05, 0.1) is 30.1 Å². The molecule has 0 radical (unpaired) electrons. The molecule has 1 aromatic heterocycles. The summed E-state index contributed by atoms with van der Waals surface area (Å²) in [5.41, 5.74) is 4.28. The van der Waals surface area contributed by atoms with Crippen molar-refractivity contribution in [2.45, 2.75) is 44.5 Å². The number of aliphatic hydroxyl groups excluding tert-OH is 1. The largest absolute Gasteiger partial charge is 0.390 e. The first-order valence-corrected chi connectivity index (χ1v) is 8.52. The number of hydrogen-bond acceptors (Lipinski definition) is 4. The van der Waals surface area contributed by atoms with E-state index in [1.54, 1.807) is 0 Å². The van der Waals surface area contributed by atoms with Gasteiger partial charge in [-0.15, -0.1) is 0 Å². The fourth-order valence-corrected chi connectivity index (χ4v) is 3.61. The Balaban J connectivity index is 1.36. The van der Waals surface area contributed by atoms with Gasteiger partial charge in [-0.25, -0.2) is 0 Å². The second kappa shape index (κ2) is 6.37. The Morgan fingerprint density at radius 1 is 1.42 bits per heavy atom. The van der Waals surface area contributed by atoms with Gasteiger partial charge in [0.1, 0.15) is 0 Å². The molecule has 0 fully saturated rings. The van der Waals surface area contributed by atoms with Gasteiger partial charge in [0.25, 0.3) is 0 Å². The molecule has 0 saturated carbocycles. The molecule has 4 rings (SSSR count). The Kier molecular flexibility index (Phi) is 4.08. The molecule has 3 N–H and O–H groups in total. The van der Waals surface area contributed by atoms with Crippen molar-refractivity contribution in [2.75, 3.05) is 6.54 Å². The van der Waals surface area contributed by atoms with E-state index in [-0.39, 0.29) is 11.9 Å². The second-order valence-corrected chi connectivity index (χ2v) is 6.54. The highest BCUT2D eigenvalue weighted by Crippen LogP contribution is 2.31. The lowest BCUT2D eigenvalue weighted by molar-refractivity contribution is -0.122. The molecule has 6 heteroatoms. The first-order valence-electron chi connectivity index (χ1n) is 8.52. The van der Waals surface area contributed by atoms with E-state index in [0.717, 1.165) is 36.5 Å². The summed E-state index contributed by atoms with van der Waals surface area (Å²) in [5, 5.41) is 21.1. The fourth-order valence-electron chi connectivity index (χ4n) is 3.61. The molecule has 0 unspecified atom stereocenters. The molecule has 2 aromatic rings. The van der Waals surface area contributed by atoms with Gasteiger partial charge in [-0.05, 0) is 17.2 Å². The highest BCUT2D eigenvalue weighted by molar-refractivity contribution is 5.77. The van der Waals surface area contributed by atoms with Crippen LogP contribution in [0.25, 0.3) is 0 Å². The minimum absolute atomic E-state index is 0.0418. The molecule has 0 spiro atoms. The van der Waals surface area contributed by atoms with Crippen molar-refractivity contribution in [1.29, 1.82) is 0 Å². The number of carbonyl (C=O) groups is 1. The van der Waals surface area contributed by atoms with E-state index in [1.807, 2.05) is 28.9 Å². The first kappa shape index (κ1) is 15.4. The molecule has 126 valence electrons. The topological polar surface area (TPSA) is 79.2 Å². The molecule has 1 aliphatic carbocycles. The van der Waals surface area contributed by atoms with Crippen LogP contribution in [0, 0.1) is 0 Å². The lowest BCUT2D eigenvalue weighted by Gasteiger charge is -2.17. The number of benzene rings is 1. The zero-order valence-corrected chi connectivity index (χ0v) is 13.5. The maximum absolute atomic E-state index is 12.3. The van der Waals surface area contributed by atoms with E-state index >= 15 is 0 Å². The van der Waals surface area contributed by atoms with Crippen LogP contribution < -0.4 is 10.6 Å². The minimum Gasteiger partial charge on any atom is -0.390 e. The van der Waals surface area contributed by atoms with Crippen LogP contribution in [0.1, 0.15) is 35.0 Å². The normalized spacial score (nSPS) is 22.0. The standard InChI is InChI=1S/C18H22N4O2/c23-16-9-12-3-1-2-4-15(12)18(16)20-17(24)6-5-13-10-14-11-19-7-8-22(14)21-13/h1-4,10,16,18-19,23H,5-9,11H2,(H,20,24)/t16-,18+/m0/s1. The summed E-state index contributed by atoms with van der Waals surface area (Å²) in [4.78, 5) is 12.3. The molecule has 2 atom stereocenters. The van der Waals surface area contributed by atoms with Gasteiger partial charge in [0, 0.05) is 32.4 Å². The summed E-state index contributed by atoms with van der Waals surface area (Å²) >= 11 is 0. The van der Waals surface area contributed by atoms with Crippen LogP contribution in [0.15, 0.2) is 30.3 Å². The van der Waals surface area contributed by atoms with E-state index in [9.17, 15) is 9.90 Å². The van der Waals surface area contributed by atoms with Gasteiger partial charge in [0.2, 0.25) is 5.91 Å². The number of aromatic nitrogens is 2. The fraction of sp³-hybridized carbons (Fsp3) is 0.444. The van der Waals surface area contributed by atoms with Gasteiger partial charge >= 0.3 is 0 Å². The summed E-state index contributed by atoms with van der Waals surface area (Å²) in [6.45, 7) is 2.66. The Labute approximate surface area is 140 Å². The average Bonchev–Trinajstić information content (AvgIpc) is 3.14. The molecule has 1 aliphatic heterocycles. The molecule has 0 saturated heterocycles. The average molecular weight is 326 g/mol. The van der Waals surface area contributed by atoms with E-state index in [1.165, 1.54) is 5.69 Å². The van der Waals surface area contributed by atoms with Crippen molar-refractivity contribution in [3.8, 4) is 0 Å². The third kappa shape index (κ3) is 2.95. The van der Waals surface area contributed by atoms with Crippen LogP contribution in [-0.4, -0.2) is 33.4 Å². The maximum Gasteiger partial charge on any atom is 0.220 e. The summed E-state index contributed by atoms with van der Waals surface area (Å²) in [7, 11) is 0. The predicted molar refractivity (Wildman–Crippen MR) is 89.3 cm³/mol. The van der Waals surface area contributed by atoms with E-state index in [0.29, 0.717) is 19.3 Å². The van der Waals surface area contributed by atoms with Crippen LogP contribution in [0.2, 0.25) is 0 Å². The number of hydrogen-bond donors (Lipinski definition) is 3. The van der Waals surface area contributed by atoms with Crippen LogP contribution in [0.3, 0.4) is 0 Å². The van der Waals surface area contributed by atoms with Crippen LogP contribution in [-0.2, 0) is 30.7 Å². The van der Waals surface area contributed by atoms with E-state index in [4.69, 9.17) is 0 Å². The first-order chi connectivity index (χ1) is 11.7. The van der Waals surface area contributed by atoms with Crippen LogP contribution in [0.5, 0.6) is 0 Å². The van der Waals surface area contributed by atoms with Crippen molar-refractivity contribution in [2.24, 2.45) is 0 Å². The van der Waals surface area contributed by atoms with Gasteiger partial charge in [-0.2, -0.15) is 5.10 Å². The number of nitrogens with zero attached hydrogens (tertiary/aromatic N) is 2. The van der Waals surface area contributed by atoms with Gasteiger partial charge in [0.15, 0.2) is 0 Å². The molecule has 1 aromatic carbocycles. The third-order valence-electron chi connectivity index (χ3n) is 4.85. The zero-order valence-electron chi connectivity index (χ0n) is 13.5. The Bertz CT molecular complexity index is 732. The third-order valence-corrected chi connectivity index (χ3v) is 4.85. The van der Waals surface area contributed by atoms with E-state index < -0.39 is 6.10 Å². The zero-order chi connectivity index (χ0) is 16.5. The molecule has 24 heavy (non-hydrogen) atoms. The number of amides is 1. The molecule has 6 nitrogen and oxygen atoms in total. The molecule has 1 amide bonds. The Morgan fingerprint density at radius 3 is 3.17 bits per heavy atom. The predicted octanol–water partition coefficient (Wildman–Crippen LogP) is 0.693. The number of aryl methyl sites for hydroxylation is 1. The summed E-state index contributed by atoms with van der Waals surface area (Å²) in [6.07, 6.45) is 1.06. The molecular formula is C18H22N4O2. The summed E-state index contributed by atoms with van der Waals surface area (Å²) in [6, 6.07) is 9.67.